The van der Waals surface area contributed by atoms with Gasteiger partial charge in [0.1, 0.15) is 17.0 Å². The number of alkyl halides is 1. The predicted octanol–water partition coefficient (Wildman–Crippen LogP) is 3.99. The fourth-order valence-corrected chi connectivity index (χ4v) is 3.92. The molecule has 5 heteroatoms. The van der Waals surface area contributed by atoms with E-state index in [9.17, 15) is 0 Å². The van der Waals surface area contributed by atoms with Crippen molar-refractivity contribution in [2.75, 3.05) is 17.3 Å². The molecule has 2 aromatic rings. The molecule has 3 rings (SSSR count). The number of aryl methyl sites for hydroxylation is 1. The minimum atomic E-state index is 0.594. The van der Waals surface area contributed by atoms with Crippen molar-refractivity contribution in [1.29, 1.82) is 0 Å². The van der Waals surface area contributed by atoms with Gasteiger partial charge in [-0.25, -0.2) is 9.97 Å². The molecule has 1 aliphatic heterocycles. The topological polar surface area (TPSA) is 29.0 Å². The van der Waals surface area contributed by atoms with Gasteiger partial charge in [-0.05, 0) is 38.7 Å². The molecular weight excluding hydrogens is 278 g/mol. The van der Waals surface area contributed by atoms with E-state index in [1.165, 1.54) is 23.1 Å². The molecule has 1 saturated heterocycles. The van der Waals surface area contributed by atoms with Gasteiger partial charge < -0.3 is 4.90 Å². The van der Waals surface area contributed by atoms with Crippen LogP contribution in [0.5, 0.6) is 0 Å². The molecule has 0 saturated carbocycles. The first-order chi connectivity index (χ1) is 9.29. The molecular formula is C14H18ClN3S. The van der Waals surface area contributed by atoms with Crippen molar-refractivity contribution in [3.05, 3.63) is 17.3 Å². The van der Waals surface area contributed by atoms with Crippen LogP contribution in [-0.4, -0.2) is 28.4 Å². The zero-order valence-electron chi connectivity index (χ0n) is 11.1. The van der Waals surface area contributed by atoms with Crippen molar-refractivity contribution in [3.63, 3.8) is 0 Å². The normalized spacial score (nSPS) is 19.5. The molecule has 1 atom stereocenters. The molecule has 0 bridgehead atoms. The Morgan fingerprint density at radius 2 is 2.37 bits per heavy atom. The summed E-state index contributed by atoms with van der Waals surface area (Å²) < 4.78 is 0. The molecule has 0 aliphatic carbocycles. The first-order valence-electron chi connectivity index (χ1n) is 6.83. The van der Waals surface area contributed by atoms with Gasteiger partial charge in [0, 0.05) is 23.3 Å². The number of thiophene rings is 1. The molecule has 1 aliphatic rings. The highest BCUT2D eigenvalue weighted by Gasteiger charge is 2.26. The largest absolute Gasteiger partial charge is 0.353 e. The number of rotatable bonds is 4. The summed E-state index contributed by atoms with van der Waals surface area (Å²) in [5.74, 6) is 1.87. The lowest BCUT2D eigenvalue weighted by Crippen LogP contribution is -2.30. The van der Waals surface area contributed by atoms with E-state index >= 15 is 0 Å². The Kier molecular flexibility index (Phi) is 3.89. The van der Waals surface area contributed by atoms with Gasteiger partial charge >= 0.3 is 0 Å². The van der Waals surface area contributed by atoms with E-state index in [4.69, 9.17) is 11.6 Å². The highest BCUT2D eigenvalue weighted by molar-refractivity contribution is 7.18. The van der Waals surface area contributed by atoms with Gasteiger partial charge in [-0.2, -0.15) is 0 Å². The van der Waals surface area contributed by atoms with E-state index < -0.39 is 0 Å². The van der Waals surface area contributed by atoms with Crippen molar-refractivity contribution < 1.29 is 0 Å². The van der Waals surface area contributed by atoms with Gasteiger partial charge in [0.05, 0.1) is 5.39 Å². The fourth-order valence-electron chi connectivity index (χ4n) is 2.92. The van der Waals surface area contributed by atoms with Crippen molar-refractivity contribution in [1.82, 2.24) is 9.97 Å². The minimum absolute atomic E-state index is 0.594. The van der Waals surface area contributed by atoms with Crippen molar-refractivity contribution >= 4 is 39.0 Å². The zero-order valence-corrected chi connectivity index (χ0v) is 12.7. The molecule has 0 aromatic carbocycles. The summed E-state index contributed by atoms with van der Waals surface area (Å²) in [5.41, 5.74) is 0. The molecule has 1 fully saturated rings. The smallest absolute Gasteiger partial charge is 0.141 e. The van der Waals surface area contributed by atoms with Crippen LogP contribution in [0.3, 0.4) is 0 Å². The Hall–Kier alpha value is -0.870. The molecule has 102 valence electrons. The van der Waals surface area contributed by atoms with Gasteiger partial charge in [0.2, 0.25) is 0 Å². The Labute approximate surface area is 122 Å². The first kappa shape index (κ1) is 13.1. The SMILES string of the molecule is Cc1cc2c(N3CCCC3CCCCl)ncnc2s1. The van der Waals surface area contributed by atoms with E-state index in [1.54, 1.807) is 17.7 Å². The lowest BCUT2D eigenvalue weighted by molar-refractivity contribution is 0.599. The summed E-state index contributed by atoms with van der Waals surface area (Å²) in [5, 5.41) is 1.21. The maximum atomic E-state index is 5.83. The molecule has 2 aromatic heterocycles. The van der Waals surface area contributed by atoms with Gasteiger partial charge in [0.25, 0.3) is 0 Å². The average molecular weight is 296 g/mol. The van der Waals surface area contributed by atoms with Crippen LogP contribution in [0.15, 0.2) is 12.4 Å². The summed E-state index contributed by atoms with van der Waals surface area (Å²) in [4.78, 5) is 13.8. The molecule has 0 N–H and O–H groups in total. The highest BCUT2D eigenvalue weighted by atomic mass is 35.5. The van der Waals surface area contributed by atoms with Crippen molar-refractivity contribution in [2.45, 2.75) is 38.6 Å². The minimum Gasteiger partial charge on any atom is -0.353 e. The van der Waals surface area contributed by atoms with Gasteiger partial charge in [-0.1, -0.05) is 0 Å². The Morgan fingerprint density at radius 1 is 1.47 bits per heavy atom. The second-order valence-corrected chi connectivity index (χ2v) is 6.71. The summed E-state index contributed by atoms with van der Waals surface area (Å²) in [6, 6.07) is 2.81. The third kappa shape index (κ3) is 2.56. The molecule has 0 radical (unpaired) electrons. The fraction of sp³-hybridized carbons (Fsp3) is 0.571. The Balaban J connectivity index is 1.94. The Morgan fingerprint density at radius 3 is 3.21 bits per heavy atom. The van der Waals surface area contributed by atoms with Crippen LogP contribution in [0.1, 0.15) is 30.6 Å². The van der Waals surface area contributed by atoms with E-state index in [0.717, 1.165) is 35.9 Å². The molecule has 0 spiro atoms. The maximum absolute atomic E-state index is 5.83. The maximum Gasteiger partial charge on any atom is 0.141 e. The molecule has 1 unspecified atom stereocenters. The second-order valence-electron chi connectivity index (χ2n) is 5.09. The number of halogens is 1. The van der Waals surface area contributed by atoms with Crippen LogP contribution in [0.25, 0.3) is 10.2 Å². The number of fused-ring (bicyclic) bond motifs is 1. The van der Waals surface area contributed by atoms with E-state index in [0.29, 0.717) is 6.04 Å². The monoisotopic (exact) mass is 295 g/mol. The predicted molar refractivity (Wildman–Crippen MR) is 82.5 cm³/mol. The van der Waals surface area contributed by atoms with Crippen molar-refractivity contribution in [3.8, 4) is 0 Å². The quantitative estimate of drug-likeness (QED) is 0.799. The molecule has 3 nitrogen and oxygen atoms in total. The van der Waals surface area contributed by atoms with Crippen LogP contribution in [-0.2, 0) is 0 Å². The van der Waals surface area contributed by atoms with E-state index in [2.05, 4.69) is 27.9 Å². The summed E-state index contributed by atoms with van der Waals surface area (Å²) >= 11 is 7.57. The van der Waals surface area contributed by atoms with Crippen LogP contribution in [0.4, 0.5) is 5.82 Å². The third-order valence-electron chi connectivity index (χ3n) is 3.75. The van der Waals surface area contributed by atoms with Crippen LogP contribution < -0.4 is 4.90 Å². The third-order valence-corrected chi connectivity index (χ3v) is 4.98. The molecule has 3 heterocycles. The van der Waals surface area contributed by atoms with Gasteiger partial charge in [-0.15, -0.1) is 22.9 Å². The average Bonchev–Trinajstić information content (AvgIpc) is 3.00. The Bertz CT molecular complexity index is 569. The number of aromatic nitrogens is 2. The molecule has 19 heavy (non-hydrogen) atoms. The van der Waals surface area contributed by atoms with Crippen LogP contribution in [0, 0.1) is 6.92 Å². The second kappa shape index (κ2) is 5.63. The lowest BCUT2D eigenvalue weighted by atomic mass is 10.1. The van der Waals surface area contributed by atoms with E-state index in [1.807, 2.05) is 0 Å². The van der Waals surface area contributed by atoms with Crippen LogP contribution >= 0.6 is 22.9 Å². The highest BCUT2D eigenvalue weighted by Crippen LogP contribution is 2.34. The van der Waals surface area contributed by atoms with Crippen LogP contribution in [0.2, 0.25) is 0 Å². The summed E-state index contributed by atoms with van der Waals surface area (Å²) in [7, 11) is 0. The standard InChI is InChI=1S/C14H18ClN3S/c1-10-8-12-13(16-9-17-14(12)19-10)18-7-3-5-11(18)4-2-6-15/h8-9,11H,2-7H2,1H3. The summed E-state index contributed by atoms with van der Waals surface area (Å²) in [6.45, 7) is 3.24. The first-order valence-corrected chi connectivity index (χ1v) is 8.18. The number of anilines is 1. The lowest BCUT2D eigenvalue weighted by Gasteiger charge is -2.26. The summed E-state index contributed by atoms with van der Waals surface area (Å²) in [6.07, 6.45) is 6.45. The molecule has 0 amide bonds. The van der Waals surface area contributed by atoms with E-state index in [-0.39, 0.29) is 0 Å². The van der Waals surface area contributed by atoms with Crippen molar-refractivity contribution in [2.24, 2.45) is 0 Å². The number of nitrogens with zero attached hydrogens (tertiary/aromatic N) is 3. The zero-order chi connectivity index (χ0) is 13.2. The van der Waals surface area contributed by atoms with Gasteiger partial charge in [0.15, 0.2) is 0 Å². The number of hydrogen-bond acceptors (Lipinski definition) is 4. The number of hydrogen-bond donors (Lipinski definition) is 0. The van der Waals surface area contributed by atoms with Gasteiger partial charge in [-0.3, -0.25) is 0 Å².